The number of aromatic amines is 1. The van der Waals surface area contributed by atoms with Gasteiger partial charge in [0, 0.05) is 25.2 Å². The molecule has 24 heavy (non-hydrogen) atoms. The molecular weight excluding hydrogens is 337 g/mol. The first-order valence-electron chi connectivity index (χ1n) is 7.01. The predicted molar refractivity (Wildman–Crippen MR) is 70.3 cm³/mol. The molecule has 0 saturated carbocycles. The molecule has 1 amide bonds. The van der Waals surface area contributed by atoms with Gasteiger partial charge in [-0.25, -0.2) is 13.8 Å². The molecule has 3 rings (SSSR count). The number of hydrogen-bond donors (Lipinski definition) is 2. The van der Waals surface area contributed by atoms with E-state index in [0.29, 0.717) is 12.2 Å². The lowest BCUT2D eigenvalue weighted by Crippen LogP contribution is -2.41. The van der Waals surface area contributed by atoms with Gasteiger partial charge in [0.15, 0.2) is 5.69 Å². The monoisotopic (exact) mass is 349 g/mol. The highest BCUT2D eigenvalue weighted by Crippen LogP contribution is 2.29. The molecule has 6 nitrogen and oxygen atoms in total. The van der Waals surface area contributed by atoms with Crippen molar-refractivity contribution >= 4 is 5.91 Å². The summed E-state index contributed by atoms with van der Waals surface area (Å²) in [5, 5.41) is 8.14. The fourth-order valence-electron chi connectivity index (χ4n) is 2.52. The van der Waals surface area contributed by atoms with Gasteiger partial charge < -0.3 is 9.88 Å². The Morgan fingerprint density at radius 2 is 2.17 bits per heavy atom. The Morgan fingerprint density at radius 3 is 2.79 bits per heavy atom. The van der Waals surface area contributed by atoms with Crippen LogP contribution in [0.3, 0.4) is 0 Å². The SMILES string of the molecule is O=C(NC1CCc2nc(C(F)(F)F)cn2C1)c1cc(C(F)F)[nH]n1. The minimum absolute atomic E-state index is 0.121. The van der Waals surface area contributed by atoms with E-state index in [1.54, 1.807) is 0 Å². The number of amides is 1. The molecule has 1 aliphatic heterocycles. The highest BCUT2D eigenvalue weighted by Gasteiger charge is 2.36. The number of carbonyl (C=O) groups is 1. The number of aryl methyl sites for hydroxylation is 1. The van der Waals surface area contributed by atoms with Crippen molar-refractivity contribution in [3.63, 3.8) is 0 Å². The van der Waals surface area contributed by atoms with Crippen molar-refractivity contribution in [2.24, 2.45) is 0 Å². The van der Waals surface area contributed by atoms with Crippen LogP contribution in [-0.4, -0.2) is 31.7 Å². The highest BCUT2D eigenvalue weighted by atomic mass is 19.4. The van der Waals surface area contributed by atoms with Gasteiger partial charge in [-0.1, -0.05) is 0 Å². The number of aromatic nitrogens is 4. The molecule has 1 aliphatic rings. The molecule has 1 unspecified atom stereocenters. The van der Waals surface area contributed by atoms with E-state index in [2.05, 4.69) is 20.5 Å². The molecule has 2 N–H and O–H groups in total. The quantitative estimate of drug-likeness (QED) is 0.835. The number of nitrogens with zero attached hydrogens (tertiary/aromatic N) is 3. The summed E-state index contributed by atoms with van der Waals surface area (Å²) >= 11 is 0. The average Bonchev–Trinajstić information content (AvgIpc) is 3.13. The first kappa shape index (κ1) is 16.4. The summed E-state index contributed by atoms with van der Waals surface area (Å²) in [6.45, 7) is 0.121. The molecule has 0 aromatic carbocycles. The summed E-state index contributed by atoms with van der Waals surface area (Å²) in [6, 6.07) is 0.500. The van der Waals surface area contributed by atoms with Gasteiger partial charge in [-0.2, -0.15) is 18.3 Å². The minimum Gasteiger partial charge on any atom is -0.346 e. The second kappa shape index (κ2) is 5.87. The maximum atomic E-state index is 12.7. The second-order valence-corrected chi connectivity index (χ2v) is 5.41. The Kier molecular flexibility index (Phi) is 4.01. The van der Waals surface area contributed by atoms with Crippen molar-refractivity contribution in [2.45, 2.75) is 38.0 Å². The Labute approximate surface area is 132 Å². The van der Waals surface area contributed by atoms with Crippen LogP contribution in [0.1, 0.15) is 40.5 Å². The van der Waals surface area contributed by atoms with Gasteiger partial charge >= 0.3 is 6.18 Å². The van der Waals surface area contributed by atoms with Gasteiger partial charge in [0.05, 0.1) is 0 Å². The van der Waals surface area contributed by atoms with Crippen LogP contribution < -0.4 is 5.32 Å². The zero-order valence-electron chi connectivity index (χ0n) is 12.1. The van der Waals surface area contributed by atoms with Crippen LogP contribution in [-0.2, 0) is 19.1 Å². The Balaban J connectivity index is 1.67. The molecular formula is C13H12F5N5O. The Bertz CT molecular complexity index is 750. The van der Waals surface area contributed by atoms with Gasteiger partial charge in [-0.3, -0.25) is 9.89 Å². The fourth-order valence-corrected chi connectivity index (χ4v) is 2.52. The number of halogens is 5. The summed E-state index contributed by atoms with van der Waals surface area (Å²) in [6.07, 6.45) is -5.74. The van der Waals surface area contributed by atoms with Crippen molar-refractivity contribution < 1.29 is 26.7 Å². The molecule has 0 saturated heterocycles. The largest absolute Gasteiger partial charge is 0.434 e. The second-order valence-electron chi connectivity index (χ2n) is 5.41. The van der Waals surface area contributed by atoms with Crippen molar-refractivity contribution in [1.29, 1.82) is 0 Å². The van der Waals surface area contributed by atoms with Gasteiger partial charge in [0.1, 0.15) is 17.2 Å². The van der Waals surface area contributed by atoms with Crippen molar-refractivity contribution in [2.75, 3.05) is 0 Å². The highest BCUT2D eigenvalue weighted by molar-refractivity contribution is 5.92. The molecule has 11 heteroatoms. The lowest BCUT2D eigenvalue weighted by molar-refractivity contribution is -0.141. The summed E-state index contributed by atoms with van der Waals surface area (Å²) in [5.74, 6) is -0.365. The van der Waals surface area contributed by atoms with Gasteiger partial charge in [0.25, 0.3) is 12.3 Å². The van der Waals surface area contributed by atoms with Crippen LogP contribution in [0.15, 0.2) is 12.3 Å². The lowest BCUT2D eigenvalue weighted by atomic mass is 10.1. The third-order valence-corrected chi connectivity index (χ3v) is 3.68. The topological polar surface area (TPSA) is 75.6 Å². The summed E-state index contributed by atoms with van der Waals surface area (Å²) in [4.78, 5) is 15.5. The number of imidazole rings is 1. The number of alkyl halides is 5. The molecule has 0 spiro atoms. The number of carbonyl (C=O) groups excluding carboxylic acids is 1. The molecule has 2 aromatic heterocycles. The Hall–Kier alpha value is -2.46. The third kappa shape index (κ3) is 3.24. The van der Waals surface area contributed by atoms with Crippen LogP contribution in [0.2, 0.25) is 0 Å². The number of nitrogens with one attached hydrogen (secondary N) is 2. The van der Waals surface area contributed by atoms with E-state index < -0.39 is 35.9 Å². The van der Waals surface area contributed by atoms with Crippen LogP contribution >= 0.6 is 0 Å². The van der Waals surface area contributed by atoms with E-state index in [9.17, 15) is 26.7 Å². The van der Waals surface area contributed by atoms with E-state index >= 15 is 0 Å². The molecule has 0 radical (unpaired) electrons. The maximum absolute atomic E-state index is 12.7. The predicted octanol–water partition coefficient (Wildman–Crippen LogP) is 2.31. The molecule has 130 valence electrons. The van der Waals surface area contributed by atoms with E-state index in [4.69, 9.17) is 0 Å². The molecule has 0 bridgehead atoms. The smallest absolute Gasteiger partial charge is 0.346 e. The molecule has 2 aromatic rings. The van der Waals surface area contributed by atoms with Crippen LogP contribution in [0.4, 0.5) is 22.0 Å². The van der Waals surface area contributed by atoms with Crippen molar-refractivity contribution in [3.8, 4) is 0 Å². The zero-order chi connectivity index (χ0) is 17.5. The van der Waals surface area contributed by atoms with Gasteiger partial charge in [0.2, 0.25) is 0 Å². The first-order valence-corrected chi connectivity index (χ1v) is 7.01. The van der Waals surface area contributed by atoms with Gasteiger partial charge in [-0.05, 0) is 12.5 Å². The maximum Gasteiger partial charge on any atom is 0.434 e. The normalized spacial score (nSPS) is 17.8. The third-order valence-electron chi connectivity index (χ3n) is 3.68. The van der Waals surface area contributed by atoms with Crippen LogP contribution in [0.5, 0.6) is 0 Å². The first-order chi connectivity index (χ1) is 11.2. The number of hydrogen-bond acceptors (Lipinski definition) is 3. The molecule has 0 fully saturated rings. The molecule has 3 heterocycles. The number of fused-ring (bicyclic) bond motifs is 1. The lowest BCUT2D eigenvalue weighted by Gasteiger charge is -2.24. The minimum atomic E-state index is -4.52. The van der Waals surface area contributed by atoms with E-state index in [-0.39, 0.29) is 18.7 Å². The van der Waals surface area contributed by atoms with Crippen molar-refractivity contribution in [1.82, 2.24) is 25.1 Å². The summed E-state index contributed by atoms with van der Waals surface area (Å²) in [5.41, 5.74) is -1.65. The van der Waals surface area contributed by atoms with Crippen LogP contribution in [0.25, 0.3) is 0 Å². The Morgan fingerprint density at radius 1 is 1.42 bits per heavy atom. The van der Waals surface area contributed by atoms with Crippen LogP contribution in [0, 0.1) is 0 Å². The number of H-pyrrole nitrogens is 1. The van der Waals surface area contributed by atoms with E-state index in [1.807, 2.05) is 0 Å². The fraction of sp³-hybridized carbons (Fsp3) is 0.462. The standard InChI is InChI=1S/C13H12F5N5O/c14-11(15)7-3-8(22-21-7)12(24)19-6-1-2-10-20-9(13(16,17)18)5-23(10)4-6/h3,5-6,11H,1-2,4H2,(H,19,24)(H,21,22). The molecule has 1 atom stereocenters. The molecule has 0 aliphatic carbocycles. The van der Waals surface area contributed by atoms with Gasteiger partial charge in [-0.15, -0.1) is 0 Å². The van der Waals surface area contributed by atoms with E-state index in [1.165, 1.54) is 4.57 Å². The zero-order valence-corrected chi connectivity index (χ0v) is 12.1. The summed E-state index contributed by atoms with van der Waals surface area (Å²) in [7, 11) is 0. The van der Waals surface area contributed by atoms with Crippen molar-refractivity contribution in [3.05, 3.63) is 35.2 Å². The van der Waals surface area contributed by atoms with E-state index in [0.717, 1.165) is 12.3 Å². The summed E-state index contributed by atoms with van der Waals surface area (Å²) < 4.78 is 64.2. The average molecular weight is 349 g/mol. The number of rotatable bonds is 3.